The molecule has 3 aromatic rings. The third kappa shape index (κ3) is 6.84. The molecular formula is C22H22ClF3N4O4. The molecule has 182 valence electrons. The van der Waals surface area contributed by atoms with E-state index in [4.69, 9.17) is 20.8 Å². The topological polar surface area (TPSA) is 89.6 Å². The molecule has 0 bridgehead atoms. The van der Waals surface area contributed by atoms with Crippen LogP contribution in [-0.2, 0) is 12.7 Å². The Labute approximate surface area is 197 Å². The number of nitrogens with zero attached hydrogens (tertiary/aromatic N) is 3. The number of alkyl halides is 3. The number of hydrogen-bond donors (Lipinski definition) is 1. The minimum atomic E-state index is -4.49. The second kappa shape index (κ2) is 10.7. The number of rotatable bonds is 8. The predicted octanol–water partition coefficient (Wildman–Crippen LogP) is 4.26. The number of halogens is 4. The van der Waals surface area contributed by atoms with Crippen molar-refractivity contribution in [1.82, 2.24) is 20.0 Å². The first-order chi connectivity index (χ1) is 16.0. The zero-order chi connectivity index (χ0) is 24.9. The molecule has 1 aromatic heterocycles. The molecule has 0 atom stereocenters. The Morgan fingerprint density at radius 2 is 1.91 bits per heavy atom. The van der Waals surface area contributed by atoms with Gasteiger partial charge in [-0.25, -0.2) is 9.59 Å². The van der Waals surface area contributed by atoms with Gasteiger partial charge in [0.1, 0.15) is 5.75 Å². The van der Waals surface area contributed by atoms with Gasteiger partial charge in [-0.05, 0) is 69.5 Å². The van der Waals surface area contributed by atoms with Crippen molar-refractivity contribution >= 4 is 17.7 Å². The van der Waals surface area contributed by atoms with E-state index in [2.05, 4.69) is 10.4 Å². The second-order valence-corrected chi connectivity index (χ2v) is 8.07. The lowest BCUT2D eigenvalue weighted by Gasteiger charge is -2.12. The van der Waals surface area contributed by atoms with Crippen LogP contribution in [0.15, 0.2) is 51.7 Å². The Hall–Kier alpha value is -3.31. The molecule has 0 unspecified atom stereocenters. The summed E-state index contributed by atoms with van der Waals surface area (Å²) in [5.74, 6) is -0.823. The van der Waals surface area contributed by atoms with Crippen molar-refractivity contribution in [3.8, 4) is 17.2 Å². The third-order valence-electron chi connectivity index (χ3n) is 4.66. The van der Waals surface area contributed by atoms with Crippen LogP contribution in [0, 0.1) is 0 Å². The van der Waals surface area contributed by atoms with Crippen molar-refractivity contribution in [1.29, 1.82) is 0 Å². The molecule has 0 aliphatic carbocycles. The van der Waals surface area contributed by atoms with Crippen LogP contribution in [0.25, 0.3) is 11.5 Å². The number of amides is 1. The summed E-state index contributed by atoms with van der Waals surface area (Å²) in [6, 6.07) is 8.58. The van der Waals surface area contributed by atoms with Gasteiger partial charge in [-0.3, -0.25) is 0 Å². The number of benzene rings is 2. The van der Waals surface area contributed by atoms with Gasteiger partial charge >= 0.3 is 18.0 Å². The van der Waals surface area contributed by atoms with Crippen LogP contribution in [0.3, 0.4) is 0 Å². The Morgan fingerprint density at radius 1 is 1.21 bits per heavy atom. The van der Waals surface area contributed by atoms with E-state index in [1.54, 1.807) is 0 Å². The monoisotopic (exact) mass is 498 g/mol. The lowest BCUT2D eigenvalue weighted by atomic mass is 10.1. The van der Waals surface area contributed by atoms with Crippen LogP contribution in [0.1, 0.15) is 17.5 Å². The van der Waals surface area contributed by atoms with Gasteiger partial charge in [-0.2, -0.15) is 17.9 Å². The normalized spacial score (nSPS) is 11.6. The van der Waals surface area contributed by atoms with Crippen LogP contribution in [0.4, 0.5) is 18.0 Å². The molecule has 1 N–H and O–H groups in total. The predicted molar refractivity (Wildman–Crippen MR) is 119 cm³/mol. The van der Waals surface area contributed by atoms with E-state index in [0.717, 1.165) is 41.9 Å². The first kappa shape index (κ1) is 25.3. The molecule has 0 saturated heterocycles. The van der Waals surface area contributed by atoms with Gasteiger partial charge in [-0.15, -0.1) is 5.10 Å². The van der Waals surface area contributed by atoms with Crippen LogP contribution in [-0.4, -0.2) is 48.0 Å². The molecule has 8 nitrogen and oxygen atoms in total. The van der Waals surface area contributed by atoms with E-state index < -0.39 is 23.6 Å². The SMILES string of the molecule is CN(C)CCCNC(=O)Oc1ccc(Cl)cc1Cn1nc(-c2ccc(C(F)(F)F)cc2)oc1=O. The van der Waals surface area contributed by atoms with Gasteiger partial charge in [0.2, 0.25) is 5.89 Å². The summed E-state index contributed by atoms with van der Waals surface area (Å²) in [5, 5.41) is 7.03. The minimum absolute atomic E-state index is 0.146. The smallest absolute Gasteiger partial charge is 0.410 e. The van der Waals surface area contributed by atoms with Gasteiger partial charge < -0.3 is 19.4 Å². The molecule has 34 heavy (non-hydrogen) atoms. The molecule has 1 amide bonds. The number of carbonyl (C=O) groups is 1. The maximum atomic E-state index is 12.8. The highest BCUT2D eigenvalue weighted by molar-refractivity contribution is 6.30. The zero-order valence-electron chi connectivity index (χ0n) is 18.4. The van der Waals surface area contributed by atoms with Crippen LogP contribution < -0.4 is 15.8 Å². The zero-order valence-corrected chi connectivity index (χ0v) is 19.1. The molecule has 3 rings (SSSR count). The fourth-order valence-electron chi connectivity index (χ4n) is 2.98. The molecule has 0 fully saturated rings. The standard InChI is InChI=1S/C22H22ClF3N4O4/c1-29(2)11-3-10-27-20(31)33-18-9-8-17(23)12-15(18)13-30-21(32)34-19(28-30)14-4-6-16(7-5-14)22(24,25)26/h4-9,12H,3,10-11,13H2,1-2H3,(H,27,31). The fraction of sp³-hybridized carbons (Fsp3) is 0.318. The van der Waals surface area contributed by atoms with Gasteiger partial charge in [-0.1, -0.05) is 11.6 Å². The van der Waals surface area contributed by atoms with Gasteiger partial charge in [0, 0.05) is 22.7 Å². The molecule has 1 heterocycles. The Balaban J connectivity index is 1.74. The number of carbonyl (C=O) groups excluding carboxylic acids is 1. The van der Waals surface area contributed by atoms with E-state index in [-0.39, 0.29) is 23.7 Å². The van der Waals surface area contributed by atoms with E-state index in [0.29, 0.717) is 17.1 Å². The summed E-state index contributed by atoms with van der Waals surface area (Å²) in [5.41, 5.74) is -0.257. The van der Waals surface area contributed by atoms with Crippen molar-refractivity contribution in [3.63, 3.8) is 0 Å². The van der Waals surface area contributed by atoms with E-state index in [1.165, 1.54) is 18.2 Å². The average Bonchev–Trinajstić information content (AvgIpc) is 3.13. The highest BCUT2D eigenvalue weighted by Gasteiger charge is 2.30. The molecule has 0 aliphatic heterocycles. The summed E-state index contributed by atoms with van der Waals surface area (Å²) in [4.78, 5) is 26.4. The highest BCUT2D eigenvalue weighted by Crippen LogP contribution is 2.30. The summed E-state index contributed by atoms with van der Waals surface area (Å²) in [7, 11) is 3.85. The molecule has 0 spiro atoms. The van der Waals surface area contributed by atoms with Crippen LogP contribution in [0.5, 0.6) is 5.75 Å². The third-order valence-corrected chi connectivity index (χ3v) is 4.90. The van der Waals surface area contributed by atoms with E-state index in [1.807, 2.05) is 19.0 Å². The Bertz CT molecular complexity index is 1190. The largest absolute Gasteiger partial charge is 0.437 e. The summed E-state index contributed by atoms with van der Waals surface area (Å²) >= 11 is 6.06. The molecule has 0 aliphatic rings. The van der Waals surface area contributed by atoms with Gasteiger partial charge in [0.25, 0.3) is 0 Å². The molecule has 2 aromatic carbocycles. The van der Waals surface area contributed by atoms with Crippen molar-refractivity contribution in [3.05, 3.63) is 69.2 Å². The lowest BCUT2D eigenvalue weighted by Crippen LogP contribution is -2.30. The van der Waals surface area contributed by atoms with E-state index in [9.17, 15) is 22.8 Å². The quantitative estimate of drug-likeness (QED) is 0.467. The number of aromatic nitrogens is 2. The van der Waals surface area contributed by atoms with Crippen LogP contribution >= 0.6 is 11.6 Å². The summed E-state index contributed by atoms with van der Waals surface area (Å²) in [6.45, 7) is 1.06. The molecule has 12 heteroatoms. The maximum absolute atomic E-state index is 12.8. The van der Waals surface area contributed by atoms with Crippen molar-refractivity contribution in [2.24, 2.45) is 0 Å². The fourth-order valence-corrected chi connectivity index (χ4v) is 3.17. The average molecular weight is 499 g/mol. The van der Waals surface area contributed by atoms with Gasteiger partial charge in [0.15, 0.2) is 0 Å². The first-order valence-corrected chi connectivity index (χ1v) is 10.5. The highest BCUT2D eigenvalue weighted by atomic mass is 35.5. The second-order valence-electron chi connectivity index (χ2n) is 7.63. The van der Waals surface area contributed by atoms with E-state index >= 15 is 0 Å². The molecular weight excluding hydrogens is 477 g/mol. The van der Waals surface area contributed by atoms with Crippen molar-refractivity contribution in [2.75, 3.05) is 27.2 Å². The summed E-state index contributed by atoms with van der Waals surface area (Å²) < 4.78 is 49.7. The van der Waals surface area contributed by atoms with Crippen LogP contribution in [0.2, 0.25) is 5.02 Å². The van der Waals surface area contributed by atoms with Crippen molar-refractivity contribution in [2.45, 2.75) is 19.1 Å². The Kier molecular flexibility index (Phi) is 8.00. The number of hydrogen-bond acceptors (Lipinski definition) is 6. The minimum Gasteiger partial charge on any atom is -0.410 e. The summed E-state index contributed by atoms with van der Waals surface area (Å²) in [6.07, 6.45) is -4.42. The molecule has 0 radical (unpaired) electrons. The Morgan fingerprint density at radius 3 is 2.56 bits per heavy atom. The number of nitrogens with one attached hydrogen (secondary N) is 1. The maximum Gasteiger partial charge on any atom is 0.437 e. The number of ether oxygens (including phenoxy) is 1. The molecule has 0 saturated carbocycles. The first-order valence-electron chi connectivity index (χ1n) is 10.2. The van der Waals surface area contributed by atoms with Crippen molar-refractivity contribution < 1.29 is 27.1 Å². The van der Waals surface area contributed by atoms with Gasteiger partial charge in [0.05, 0.1) is 12.1 Å². The lowest BCUT2D eigenvalue weighted by molar-refractivity contribution is -0.137.